The van der Waals surface area contributed by atoms with Crippen LogP contribution in [0.1, 0.15) is 51.4 Å². The van der Waals surface area contributed by atoms with Crippen LogP contribution in [-0.4, -0.2) is 36.8 Å². The molecule has 3 heteroatoms. The highest BCUT2D eigenvalue weighted by molar-refractivity contribution is 7.99. The van der Waals surface area contributed by atoms with Crippen molar-refractivity contribution in [3.05, 3.63) is 0 Å². The van der Waals surface area contributed by atoms with Gasteiger partial charge in [-0.3, -0.25) is 0 Å². The Morgan fingerprint density at radius 3 is 2.71 bits per heavy atom. The molecule has 1 heterocycles. The van der Waals surface area contributed by atoms with Crippen molar-refractivity contribution in [2.75, 3.05) is 24.7 Å². The van der Waals surface area contributed by atoms with Crippen LogP contribution in [0.25, 0.3) is 0 Å². The van der Waals surface area contributed by atoms with Crippen molar-refractivity contribution >= 4 is 11.8 Å². The predicted molar refractivity (Wildman–Crippen MR) is 75.8 cm³/mol. The number of rotatable bonds is 7. The number of hydrogen-bond donors (Lipinski definition) is 1. The monoisotopic (exact) mass is 257 g/mol. The van der Waals surface area contributed by atoms with Gasteiger partial charge in [0.25, 0.3) is 0 Å². The summed E-state index contributed by atoms with van der Waals surface area (Å²) in [6.45, 7) is 2.21. The van der Waals surface area contributed by atoms with E-state index in [-0.39, 0.29) is 0 Å². The Balaban J connectivity index is 1.38. The lowest BCUT2D eigenvalue weighted by Crippen LogP contribution is -2.31. The summed E-state index contributed by atoms with van der Waals surface area (Å²) in [6.07, 6.45) is 11.6. The van der Waals surface area contributed by atoms with Gasteiger partial charge in [0.05, 0.1) is 6.10 Å². The second-order valence-electron chi connectivity index (χ2n) is 5.35. The lowest BCUT2D eigenvalue weighted by molar-refractivity contribution is 0.129. The van der Waals surface area contributed by atoms with Gasteiger partial charge >= 0.3 is 0 Å². The first-order chi connectivity index (χ1) is 8.45. The number of hydrogen-bond acceptors (Lipinski definition) is 3. The summed E-state index contributed by atoms with van der Waals surface area (Å²) in [6, 6.07) is 0.826. The molecule has 0 radical (unpaired) electrons. The molecule has 1 aliphatic heterocycles. The van der Waals surface area contributed by atoms with Crippen LogP contribution in [0.5, 0.6) is 0 Å². The third-order valence-corrected chi connectivity index (χ3v) is 5.02. The molecule has 2 rings (SSSR count). The fourth-order valence-corrected chi connectivity index (χ4v) is 3.82. The summed E-state index contributed by atoms with van der Waals surface area (Å²) in [5.41, 5.74) is 0. The maximum absolute atomic E-state index is 5.62. The molecule has 2 fully saturated rings. The first-order valence-corrected chi connectivity index (χ1v) is 8.53. The van der Waals surface area contributed by atoms with Crippen LogP contribution in [0.2, 0.25) is 0 Å². The van der Waals surface area contributed by atoms with Crippen LogP contribution < -0.4 is 5.32 Å². The Morgan fingerprint density at radius 1 is 1.06 bits per heavy atom. The highest BCUT2D eigenvalue weighted by atomic mass is 32.2. The smallest absolute Gasteiger partial charge is 0.0666 e. The van der Waals surface area contributed by atoms with Crippen LogP contribution in [0.15, 0.2) is 0 Å². The van der Waals surface area contributed by atoms with Crippen LogP contribution in [0, 0.1) is 0 Å². The Morgan fingerprint density at radius 2 is 1.94 bits per heavy atom. The largest absolute Gasteiger partial charge is 0.377 e. The minimum Gasteiger partial charge on any atom is -0.377 e. The molecule has 100 valence electrons. The molecule has 1 N–H and O–H groups in total. The van der Waals surface area contributed by atoms with Crippen LogP contribution >= 0.6 is 11.8 Å². The van der Waals surface area contributed by atoms with E-state index in [2.05, 4.69) is 17.1 Å². The van der Waals surface area contributed by atoms with E-state index in [1.165, 1.54) is 69.4 Å². The first kappa shape index (κ1) is 13.7. The fraction of sp³-hybridized carbons (Fsp3) is 1.00. The molecule has 2 aliphatic rings. The normalized spacial score (nSPS) is 26.5. The van der Waals surface area contributed by atoms with Crippen molar-refractivity contribution in [3.8, 4) is 0 Å². The maximum atomic E-state index is 5.62. The van der Waals surface area contributed by atoms with E-state index >= 15 is 0 Å². The Kier molecular flexibility index (Phi) is 6.76. The summed E-state index contributed by atoms with van der Waals surface area (Å²) in [4.78, 5) is 0. The zero-order valence-electron chi connectivity index (χ0n) is 11.0. The molecule has 1 saturated carbocycles. The Bertz CT molecular complexity index is 189. The number of thioether (sulfide) groups is 1. The van der Waals surface area contributed by atoms with E-state index < -0.39 is 0 Å². The van der Waals surface area contributed by atoms with Gasteiger partial charge in [-0.25, -0.2) is 0 Å². The molecule has 0 aromatic carbocycles. The molecule has 0 bridgehead atoms. The van der Waals surface area contributed by atoms with E-state index in [1.807, 2.05) is 0 Å². The highest BCUT2D eigenvalue weighted by Crippen LogP contribution is 2.18. The molecular weight excluding hydrogens is 230 g/mol. The van der Waals surface area contributed by atoms with Gasteiger partial charge in [0.1, 0.15) is 0 Å². The molecule has 1 atom stereocenters. The number of ether oxygens (including phenoxy) is 1. The molecule has 0 spiro atoms. The lowest BCUT2D eigenvalue weighted by Gasteiger charge is -2.22. The molecule has 0 aromatic heterocycles. The van der Waals surface area contributed by atoms with Crippen LogP contribution in [-0.2, 0) is 4.74 Å². The predicted octanol–water partition coefficient (Wildman–Crippen LogP) is 3.21. The molecule has 1 unspecified atom stereocenters. The third-order valence-electron chi connectivity index (χ3n) is 3.83. The van der Waals surface area contributed by atoms with E-state index in [0.717, 1.165) is 12.6 Å². The summed E-state index contributed by atoms with van der Waals surface area (Å²) in [5.74, 6) is 2.50. The summed E-state index contributed by atoms with van der Waals surface area (Å²) in [7, 11) is 0. The third kappa shape index (κ3) is 5.62. The molecule has 1 aliphatic carbocycles. The van der Waals surface area contributed by atoms with E-state index in [4.69, 9.17) is 4.74 Å². The Labute approximate surface area is 110 Å². The summed E-state index contributed by atoms with van der Waals surface area (Å²) in [5, 5.41) is 3.71. The topological polar surface area (TPSA) is 21.3 Å². The zero-order valence-corrected chi connectivity index (χ0v) is 11.8. The van der Waals surface area contributed by atoms with E-state index in [9.17, 15) is 0 Å². The zero-order chi connectivity index (χ0) is 11.8. The lowest BCUT2D eigenvalue weighted by atomic mass is 9.95. The quantitative estimate of drug-likeness (QED) is 0.708. The van der Waals surface area contributed by atoms with E-state index in [1.54, 1.807) is 0 Å². The summed E-state index contributed by atoms with van der Waals surface area (Å²) >= 11 is 2.07. The molecule has 1 saturated heterocycles. The van der Waals surface area contributed by atoms with Crippen molar-refractivity contribution < 1.29 is 4.74 Å². The van der Waals surface area contributed by atoms with Crippen molar-refractivity contribution in [2.45, 2.75) is 63.5 Å². The average Bonchev–Trinajstić information content (AvgIpc) is 2.88. The van der Waals surface area contributed by atoms with Gasteiger partial charge in [-0.1, -0.05) is 19.3 Å². The second kappa shape index (κ2) is 8.39. The van der Waals surface area contributed by atoms with Gasteiger partial charge in [-0.15, -0.1) is 0 Å². The molecule has 2 nitrogen and oxygen atoms in total. The summed E-state index contributed by atoms with van der Waals surface area (Å²) < 4.78 is 5.62. The van der Waals surface area contributed by atoms with Crippen molar-refractivity contribution in [2.24, 2.45) is 0 Å². The molecule has 0 aromatic rings. The van der Waals surface area contributed by atoms with Crippen LogP contribution in [0.3, 0.4) is 0 Å². The van der Waals surface area contributed by atoms with Gasteiger partial charge in [0.15, 0.2) is 0 Å². The van der Waals surface area contributed by atoms with Crippen molar-refractivity contribution in [1.29, 1.82) is 0 Å². The standard InChI is InChI=1S/C14H27NOS/c1-2-6-13(7-3-1)15-9-5-11-17-12-14-8-4-10-16-14/h13-15H,1-12H2. The minimum absolute atomic E-state index is 0.561. The highest BCUT2D eigenvalue weighted by Gasteiger charge is 2.15. The van der Waals surface area contributed by atoms with Gasteiger partial charge in [-0.05, 0) is 44.4 Å². The average molecular weight is 257 g/mol. The van der Waals surface area contributed by atoms with Crippen molar-refractivity contribution in [1.82, 2.24) is 5.32 Å². The second-order valence-corrected chi connectivity index (χ2v) is 6.50. The van der Waals surface area contributed by atoms with Crippen LogP contribution in [0.4, 0.5) is 0 Å². The van der Waals surface area contributed by atoms with Gasteiger partial charge in [0, 0.05) is 18.4 Å². The van der Waals surface area contributed by atoms with Gasteiger partial charge in [-0.2, -0.15) is 11.8 Å². The van der Waals surface area contributed by atoms with Crippen molar-refractivity contribution in [3.63, 3.8) is 0 Å². The first-order valence-electron chi connectivity index (χ1n) is 7.38. The molecule has 0 amide bonds. The maximum Gasteiger partial charge on any atom is 0.0666 e. The number of nitrogens with one attached hydrogen (secondary N) is 1. The molecular formula is C14H27NOS. The molecule has 17 heavy (non-hydrogen) atoms. The Hall–Kier alpha value is 0.270. The minimum atomic E-state index is 0.561. The van der Waals surface area contributed by atoms with Gasteiger partial charge in [0.2, 0.25) is 0 Å². The van der Waals surface area contributed by atoms with Gasteiger partial charge < -0.3 is 10.1 Å². The van der Waals surface area contributed by atoms with E-state index in [0.29, 0.717) is 6.10 Å². The SMILES string of the molecule is C1CCC(NCCCSCC2CCCO2)CC1. The fourth-order valence-electron chi connectivity index (χ4n) is 2.78.